The second kappa shape index (κ2) is 5.85. The molecule has 1 fully saturated rings. The smallest absolute Gasteiger partial charge is 0.227 e. The Balaban J connectivity index is 1.91. The van der Waals surface area contributed by atoms with Gasteiger partial charge in [0.15, 0.2) is 0 Å². The minimum Gasteiger partial charge on any atom is -0.353 e. The highest BCUT2D eigenvalue weighted by Gasteiger charge is 2.20. The second-order valence-corrected chi connectivity index (χ2v) is 4.98. The quantitative estimate of drug-likeness (QED) is 0.850. The monoisotopic (exact) mass is 231 g/mol. The fourth-order valence-corrected chi connectivity index (χ4v) is 2.47. The zero-order valence-electron chi connectivity index (χ0n) is 10.5. The van der Waals surface area contributed by atoms with Crippen molar-refractivity contribution >= 4 is 5.91 Å². The Bertz CT molecular complexity index is 354. The number of rotatable bonds is 3. The summed E-state index contributed by atoms with van der Waals surface area (Å²) in [6.07, 6.45) is 6.12. The van der Waals surface area contributed by atoms with Crippen molar-refractivity contribution in [1.82, 2.24) is 5.32 Å². The van der Waals surface area contributed by atoms with Crippen LogP contribution in [0.2, 0.25) is 0 Å². The first-order valence-electron chi connectivity index (χ1n) is 6.62. The molecule has 1 atom stereocenters. The number of nitrogens with one attached hydrogen (secondary N) is 1. The Morgan fingerprint density at radius 2 is 1.82 bits per heavy atom. The Morgan fingerprint density at radius 3 is 2.47 bits per heavy atom. The molecule has 1 aromatic carbocycles. The van der Waals surface area contributed by atoms with E-state index in [-0.39, 0.29) is 11.8 Å². The molecule has 0 unspecified atom stereocenters. The van der Waals surface area contributed by atoms with Crippen molar-refractivity contribution in [3.05, 3.63) is 35.9 Å². The minimum atomic E-state index is -0.0434. The third-order valence-electron chi connectivity index (χ3n) is 3.64. The minimum absolute atomic E-state index is 0.0434. The van der Waals surface area contributed by atoms with Gasteiger partial charge in [0, 0.05) is 6.04 Å². The molecule has 92 valence electrons. The molecule has 0 heterocycles. The molecule has 0 aliphatic heterocycles. The number of benzene rings is 1. The molecule has 0 aromatic heterocycles. The van der Waals surface area contributed by atoms with Crippen molar-refractivity contribution in [3.8, 4) is 0 Å². The van der Waals surface area contributed by atoms with Gasteiger partial charge in [0.05, 0.1) is 5.92 Å². The van der Waals surface area contributed by atoms with E-state index in [9.17, 15) is 4.79 Å². The van der Waals surface area contributed by atoms with Crippen LogP contribution in [0, 0.1) is 0 Å². The lowest BCUT2D eigenvalue weighted by Crippen LogP contribution is -2.38. The van der Waals surface area contributed by atoms with E-state index < -0.39 is 0 Å². The first-order chi connectivity index (χ1) is 8.27. The molecule has 2 rings (SSSR count). The van der Waals surface area contributed by atoms with Gasteiger partial charge in [-0.15, -0.1) is 0 Å². The molecule has 1 saturated carbocycles. The van der Waals surface area contributed by atoms with Gasteiger partial charge < -0.3 is 5.32 Å². The topological polar surface area (TPSA) is 29.1 Å². The van der Waals surface area contributed by atoms with Crippen LogP contribution in [0.4, 0.5) is 0 Å². The molecule has 0 spiro atoms. The highest BCUT2D eigenvalue weighted by Crippen LogP contribution is 2.20. The standard InChI is InChI=1S/C15H21NO/c1-12(13-8-4-2-5-9-13)15(17)16-14-10-6-3-7-11-14/h2,4-5,8-9,12,14H,3,6-7,10-11H2,1H3,(H,16,17)/t12-/m0/s1. The third kappa shape index (κ3) is 3.32. The molecular formula is C15H21NO. The molecular weight excluding hydrogens is 210 g/mol. The summed E-state index contributed by atoms with van der Waals surface area (Å²) in [5, 5.41) is 3.18. The summed E-state index contributed by atoms with van der Waals surface area (Å²) in [7, 11) is 0. The third-order valence-corrected chi connectivity index (χ3v) is 3.64. The SMILES string of the molecule is C[C@H](C(=O)NC1CCCCC1)c1ccccc1. The van der Waals surface area contributed by atoms with Gasteiger partial charge >= 0.3 is 0 Å². The summed E-state index contributed by atoms with van der Waals surface area (Å²) >= 11 is 0. The zero-order chi connectivity index (χ0) is 12.1. The Hall–Kier alpha value is -1.31. The van der Waals surface area contributed by atoms with Crippen LogP contribution in [-0.4, -0.2) is 11.9 Å². The average Bonchev–Trinajstić information content (AvgIpc) is 2.40. The fraction of sp³-hybridized carbons (Fsp3) is 0.533. The van der Waals surface area contributed by atoms with Gasteiger partial charge in [0.1, 0.15) is 0 Å². The van der Waals surface area contributed by atoms with Gasteiger partial charge in [0.25, 0.3) is 0 Å². The van der Waals surface area contributed by atoms with Crippen LogP contribution >= 0.6 is 0 Å². The molecule has 1 aliphatic carbocycles. The fourth-order valence-electron chi connectivity index (χ4n) is 2.47. The summed E-state index contributed by atoms with van der Waals surface area (Å²) in [4.78, 5) is 12.1. The predicted molar refractivity (Wildman–Crippen MR) is 69.9 cm³/mol. The molecule has 17 heavy (non-hydrogen) atoms. The van der Waals surface area contributed by atoms with E-state index in [1.165, 1.54) is 19.3 Å². The van der Waals surface area contributed by atoms with E-state index in [0.717, 1.165) is 18.4 Å². The maximum absolute atomic E-state index is 12.1. The highest BCUT2D eigenvalue weighted by atomic mass is 16.1. The van der Waals surface area contributed by atoms with Crippen molar-refractivity contribution in [1.29, 1.82) is 0 Å². The molecule has 0 bridgehead atoms. The van der Waals surface area contributed by atoms with E-state index in [0.29, 0.717) is 6.04 Å². The van der Waals surface area contributed by atoms with Crippen LogP contribution in [-0.2, 0) is 4.79 Å². The van der Waals surface area contributed by atoms with Crippen molar-refractivity contribution in [2.75, 3.05) is 0 Å². The molecule has 1 aromatic rings. The van der Waals surface area contributed by atoms with E-state index in [1.54, 1.807) is 0 Å². The average molecular weight is 231 g/mol. The first-order valence-corrected chi connectivity index (χ1v) is 6.62. The zero-order valence-corrected chi connectivity index (χ0v) is 10.5. The Kier molecular flexibility index (Phi) is 4.18. The summed E-state index contributed by atoms with van der Waals surface area (Å²) in [5.74, 6) is 0.126. The van der Waals surface area contributed by atoms with Gasteiger partial charge in [-0.2, -0.15) is 0 Å². The maximum Gasteiger partial charge on any atom is 0.227 e. The van der Waals surface area contributed by atoms with Gasteiger partial charge in [-0.05, 0) is 25.3 Å². The summed E-state index contributed by atoms with van der Waals surface area (Å²) in [6.45, 7) is 1.98. The largest absolute Gasteiger partial charge is 0.353 e. The van der Waals surface area contributed by atoms with Crippen molar-refractivity contribution < 1.29 is 4.79 Å². The molecule has 1 N–H and O–H groups in total. The number of carbonyl (C=O) groups excluding carboxylic acids is 1. The lowest BCUT2D eigenvalue weighted by Gasteiger charge is -2.24. The number of hydrogen-bond donors (Lipinski definition) is 1. The van der Waals surface area contributed by atoms with Crippen LogP contribution in [0.25, 0.3) is 0 Å². The highest BCUT2D eigenvalue weighted by molar-refractivity contribution is 5.83. The molecule has 1 aliphatic rings. The van der Waals surface area contributed by atoms with Crippen LogP contribution in [0.5, 0.6) is 0 Å². The normalized spacial score (nSPS) is 18.6. The molecule has 1 amide bonds. The lowest BCUT2D eigenvalue weighted by molar-refractivity contribution is -0.123. The summed E-state index contributed by atoms with van der Waals surface area (Å²) in [5.41, 5.74) is 1.10. The summed E-state index contributed by atoms with van der Waals surface area (Å²) < 4.78 is 0. The van der Waals surface area contributed by atoms with E-state index in [2.05, 4.69) is 5.32 Å². The number of amides is 1. The van der Waals surface area contributed by atoms with Crippen molar-refractivity contribution in [2.24, 2.45) is 0 Å². The van der Waals surface area contributed by atoms with Crippen LogP contribution in [0.3, 0.4) is 0 Å². The predicted octanol–water partition coefficient (Wildman–Crippen LogP) is 3.24. The van der Waals surface area contributed by atoms with Crippen LogP contribution in [0.15, 0.2) is 30.3 Å². The first kappa shape index (κ1) is 12.2. The van der Waals surface area contributed by atoms with Crippen molar-refractivity contribution in [2.45, 2.75) is 51.0 Å². The molecule has 0 radical (unpaired) electrons. The van der Waals surface area contributed by atoms with Gasteiger partial charge in [0.2, 0.25) is 5.91 Å². The molecule has 0 saturated heterocycles. The summed E-state index contributed by atoms with van der Waals surface area (Å²) in [6, 6.07) is 10.4. The van der Waals surface area contributed by atoms with E-state index in [4.69, 9.17) is 0 Å². The maximum atomic E-state index is 12.1. The van der Waals surface area contributed by atoms with Crippen molar-refractivity contribution in [3.63, 3.8) is 0 Å². The lowest BCUT2D eigenvalue weighted by atomic mass is 9.94. The molecule has 2 nitrogen and oxygen atoms in total. The van der Waals surface area contributed by atoms with Crippen LogP contribution in [0.1, 0.15) is 50.5 Å². The Morgan fingerprint density at radius 1 is 1.18 bits per heavy atom. The number of hydrogen-bond acceptors (Lipinski definition) is 1. The van der Waals surface area contributed by atoms with E-state index >= 15 is 0 Å². The van der Waals surface area contributed by atoms with Gasteiger partial charge in [-0.25, -0.2) is 0 Å². The molecule has 2 heteroatoms. The Labute approximate surface area is 103 Å². The van der Waals surface area contributed by atoms with E-state index in [1.807, 2.05) is 37.3 Å². The number of carbonyl (C=O) groups is 1. The van der Waals surface area contributed by atoms with Gasteiger partial charge in [-0.1, -0.05) is 49.6 Å². The van der Waals surface area contributed by atoms with Crippen LogP contribution < -0.4 is 5.32 Å². The second-order valence-electron chi connectivity index (χ2n) is 4.98. The van der Waals surface area contributed by atoms with Gasteiger partial charge in [-0.3, -0.25) is 4.79 Å².